The fraction of sp³-hybridized carbons (Fsp3) is 0.188. The Morgan fingerprint density at radius 3 is 2.50 bits per heavy atom. The molecule has 1 aliphatic rings. The standard InChI is InChI=1S/C16H14N2/c1-16(11-17)10-12-6-2-4-8-14(12)18-15-9-5-3-7-13(15)16/h2-9,18H,10H2,1H3. The van der Waals surface area contributed by atoms with Crippen molar-refractivity contribution in [2.45, 2.75) is 18.8 Å². The third-order valence-electron chi connectivity index (χ3n) is 3.60. The molecule has 0 radical (unpaired) electrons. The van der Waals surface area contributed by atoms with Gasteiger partial charge in [-0.15, -0.1) is 0 Å². The fourth-order valence-electron chi connectivity index (χ4n) is 2.59. The summed E-state index contributed by atoms with van der Waals surface area (Å²) in [7, 11) is 0. The van der Waals surface area contributed by atoms with Crippen LogP contribution in [0.5, 0.6) is 0 Å². The molecule has 1 N–H and O–H groups in total. The largest absolute Gasteiger partial charge is 0.355 e. The highest BCUT2D eigenvalue weighted by atomic mass is 14.9. The van der Waals surface area contributed by atoms with E-state index in [1.807, 2.05) is 43.3 Å². The predicted octanol–water partition coefficient (Wildman–Crippen LogP) is 3.77. The molecule has 0 amide bonds. The minimum absolute atomic E-state index is 0.476. The van der Waals surface area contributed by atoms with Gasteiger partial charge in [-0.3, -0.25) is 0 Å². The zero-order valence-electron chi connectivity index (χ0n) is 10.3. The van der Waals surface area contributed by atoms with E-state index in [1.54, 1.807) is 0 Å². The summed E-state index contributed by atoms with van der Waals surface area (Å²) in [5.41, 5.74) is 3.92. The monoisotopic (exact) mass is 234 g/mol. The van der Waals surface area contributed by atoms with Crippen molar-refractivity contribution >= 4 is 11.4 Å². The highest BCUT2D eigenvalue weighted by molar-refractivity contribution is 5.71. The molecule has 0 saturated carbocycles. The van der Waals surface area contributed by atoms with Crippen molar-refractivity contribution in [2.24, 2.45) is 0 Å². The second kappa shape index (κ2) is 3.89. The lowest BCUT2D eigenvalue weighted by Gasteiger charge is -2.21. The summed E-state index contributed by atoms with van der Waals surface area (Å²) < 4.78 is 0. The number of para-hydroxylation sites is 2. The van der Waals surface area contributed by atoms with Crippen LogP contribution in [0.15, 0.2) is 48.5 Å². The number of hydrogen-bond acceptors (Lipinski definition) is 2. The van der Waals surface area contributed by atoms with E-state index in [-0.39, 0.29) is 0 Å². The van der Waals surface area contributed by atoms with E-state index in [0.29, 0.717) is 0 Å². The van der Waals surface area contributed by atoms with E-state index in [2.05, 4.69) is 23.5 Å². The normalized spacial score (nSPS) is 20.9. The Bertz CT molecular complexity index is 640. The number of rotatable bonds is 0. The summed E-state index contributed by atoms with van der Waals surface area (Å²) in [5.74, 6) is 0. The van der Waals surface area contributed by atoms with Crippen LogP contribution in [0.25, 0.3) is 0 Å². The lowest BCUT2D eigenvalue weighted by Crippen LogP contribution is -2.22. The molecule has 0 aromatic heterocycles. The molecule has 3 rings (SSSR count). The van der Waals surface area contributed by atoms with Crippen LogP contribution in [0.1, 0.15) is 18.1 Å². The zero-order chi connectivity index (χ0) is 12.6. The molecule has 88 valence electrons. The van der Waals surface area contributed by atoms with Gasteiger partial charge in [-0.2, -0.15) is 5.26 Å². The van der Waals surface area contributed by atoms with E-state index in [4.69, 9.17) is 0 Å². The fourth-order valence-corrected chi connectivity index (χ4v) is 2.59. The highest BCUT2D eigenvalue weighted by Gasteiger charge is 2.32. The van der Waals surface area contributed by atoms with Gasteiger partial charge in [0, 0.05) is 11.4 Å². The van der Waals surface area contributed by atoms with Crippen molar-refractivity contribution in [3.05, 3.63) is 59.7 Å². The van der Waals surface area contributed by atoms with Gasteiger partial charge in [0.1, 0.15) is 0 Å². The topological polar surface area (TPSA) is 35.8 Å². The molecule has 2 aromatic rings. The first-order valence-corrected chi connectivity index (χ1v) is 6.09. The Morgan fingerprint density at radius 2 is 1.72 bits per heavy atom. The molecule has 2 nitrogen and oxygen atoms in total. The van der Waals surface area contributed by atoms with Crippen molar-refractivity contribution in [3.63, 3.8) is 0 Å². The number of nitrogens with zero attached hydrogens (tertiary/aromatic N) is 1. The minimum atomic E-state index is -0.476. The Labute approximate surface area is 107 Å². The van der Waals surface area contributed by atoms with E-state index in [9.17, 15) is 5.26 Å². The average Bonchev–Trinajstić information content (AvgIpc) is 2.53. The molecule has 0 aliphatic carbocycles. The molecular weight excluding hydrogens is 220 g/mol. The van der Waals surface area contributed by atoms with Crippen LogP contribution in [0.4, 0.5) is 11.4 Å². The molecule has 2 heteroatoms. The molecule has 18 heavy (non-hydrogen) atoms. The lowest BCUT2D eigenvalue weighted by molar-refractivity contribution is 0.613. The molecule has 0 spiro atoms. The Kier molecular flexibility index (Phi) is 2.34. The highest BCUT2D eigenvalue weighted by Crippen LogP contribution is 2.39. The number of benzene rings is 2. The van der Waals surface area contributed by atoms with Crippen molar-refractivity contribution in [1.29, 1.82) is 5.26 Å². The van der Waals surface area contributed by atoms with Crippen LogP contribution in [0.3, 0.4) is 0 Å². The molecule has 0 fully saturated rings. The average molecular weight is 234 g/mol. The first kappa shape index (κ1) is 10.9. The second-order valence-corrected chi connectivity index (χ2v) is 4.95. The quantitative estimate of drug-likeness (QED) is 0.753. The van der Waals surface area contributed by atoms with E-state index in [0.717, 1.165) is 23.4 Å². The molecule has 2 aromatic carbocycles. The Hall–Kier alpha value is -2.27. The molecule has 1 aliphatic heterocycles. The number of hydrogen-bond donors (Lipinski definition) is 1. The van der Waals surface area contributed by atoms with Crippen LogP contribution >= 0.6 is 0 Å². The molecular formula is C16H14N2. The van der Waals surface area contributed by atoms with Gasteiger partial charge < -0.3 is 5.32 Å². The van der Waals surface area contributed by atoms with Crippen molar-refractivity contribution in [2.75, 3.05) is 5.32 Å². The van der Waals surface area contributed by atoms with E-state index >= 15 is 0 Å². The lowest BCUT2D eigenvalue weighted by atomic mass is 9.78. The maximum Gasteiger partial charge on any atom is 0.0855 e. The summed E-state index contributed by atoms with van der Waals surface area (Å²) >= 11 is 0. The number of nitriles is 1. The van der Waals surface area contributed by atoms with Crippen LogP contribution in [0.2, 0.25) is 0 Å². The number of anilines is 2. The summed E-state index contributed by atoms with van der Waals surface area (Å²) in [6.45, 7) is 2.01. The van der Waals surface area contributed by atoms with Gasteiger partial charge in [0.25, 0.3) is 0 Å². The zero-order valence-corrected chi connectivity index (χ0v) is 10.3. The van der Waals surface area contributed by atoms with Gasteiger partial charge in [0.2, 0.25) is 0 Å². The van der Waals surface area contributed by atoms with Crippen LogP contribution < -0.4 is 5.32 Å². The molecule has 1 atom stereocenters. The third kappa shape index (κ3) is 1.56. The predicted molar refractivity (Wildman–Crippen MR) is 72.8 cm³/mol. The SMILES string of the molecule is CC1(C#N)Cc2ccccc2Nc2ccccc21. The number of nitrogens with one attached hydrogen (secondary N) is 1. The summed E-state index contributed by atoms with van der Waals surface area (Å²) in [5, 5.41) is 13.0. The maximum absolute atomic E-state index is 9.57. The summed E-state index contributed by atoms with van der Waals surface area (Å²) in [6, 6.07) is 18.7. The summed E-state index contributed by atoms with van der Waals surface area (Å²) in [4.78, 5) is 0. The first-order valence-electron chi connectivity index (χ1n) is 6.09. The van der Waals surface area contributed by atoms with Gasteiger partial charge in [0.15, 0.2) is 0 Å². The molecule has 0 bridgehead atoms. The van der Waals surface area contributed by atoms with Crippen LogP contribution in [0, 0.1) is 11.3 Å². The smallest absolute Gasteiger partial charge is 0.0855 e. The van der Waals surface area contributed by atoms with Gasteiger partial charge in [0.05, 0.1) is 11.5 Å². The minimum Gasteiger partial charge on any atom is -0.355 e. The Morgan fingerprint density at radius 1 is 1.06 bits per heavy atom. The van der Waals surface area contributed by atoms with E-state index < -0.39 is 5.41 Å². The second-order valence-electron chi connectivity index (χ2n) is 4.95. The maximum atomic E-state index is 9.57. The van der Waals surface area contributed by atoms with Crippen LogP contribution in [-0.4, -0.2) is 0 Å². The van der Waals surface area contributed by atoms with Crippen LogP contribution in [-0.2, 0) is 11.8 Å². The van der Waals surface area contributed by atoms with Gasteiger partial charge in [-0.1, -0.05) is 36.4 Å². The molecule has 1 unspecified atom stereocenters. The van der Waals surface area contributed by atoms with Crippen molar-refractivity contribution in [1.82, 2.24) is 0 Å². The van der Waals surface area contributed by atoms with Gasteiger partial charge in [-0.25, -0.2) is 0 Å². The summed E-state index contributed by atoms with van der Waals surface area (Å²) in [6.07, 6.45) is 0.740. The van der Waals surface area contributed by atoms with Crippen molar-refractivity contribution < 1.29 is 0 Å². The van der Waals surface area contributed by atoms with Gasteiger partial charge >= 0.3 is 0 Å². The van der Waals surface area contributed by atoms with E-state index in [1.165, 1.54) is 5.56 Å². The third-order valence-corrected chi connectivity index (χ3v) is 3.60. The van der Waals surface area contributed by atoms with Gasteiger partial charge in [-0.05, 0) is 36.6 Å². The Balaban J connectivity index is 2.25. The molecule has 0 saturated heterocycles. The molecule has 1 heterocycles. The van der Waals surface area contributed by atoms with Crippen molar-refractivity contribution in [3.8, 4) is 6.07 Å². The first-order chi connectivity index (χ1) is 8.73. The number of fused-ring (bicyclic) bond motifs is 2.